The van der Waals surface area contributed by atoms with Crippen LogP contribution in [0.3, 0.4) is 0 Å². The molecular weight excluding hydrogens is 502 g/mol. The summed E-state index contributed by atoms with van der Waals surface area (Å²) in [7, 11) is 0. The lowest BCUT2D eigenvalue weighted by Gasteiger charge is -2.42. The van der Waals surface area contributed by atoms with Gasteiger partial charge in [0.1, 0.15) is 40.4 Å². The van der Waals surface area contributed by atoms with Crippen molar-refractivity contribution in [3.63, 3.8) is 0 Å². The highest BCUT2D eigenvalue weighted by molar-refractivity contribution is 5.64. The summed E-state index contributed by atoms with van der Waals surface area (Å²) in [6.07, 6.45) is -1.01. The Morgan fingerprint density at radius 3 is 1.76 bits per heavy atom. The van der Waals surface area contributed by atoms with Crippen LogP contribution >= 0.6 is 0 Å². The molecule has 2 atom stereocenters. The van der Waals surface area contributed by atoms with Crippen LogP contribution in [0.1, 0.15) is 85.8 Å². The van der Waals surface area contributed by atoms with Gasteiger partial charge in [-0.3, -0.25) is 0 Å². The number of aromatic hydroxyl groups is 1. The molecule has 0 aliphatic carbocycles. The standard InChI is InChI=1S/C29H35F4NO4/c1-9-28(7,16-34)15-29(8,14-27(5,6)23-19(30)10-17(35)11-20(23)31)24-21(32)12-18(13-22(24)33)37-25(36)38-26(2,3)4/h10-13,35H,9,14-15H2,1-8H3. The van der Waals surface area contributed by atoms with E-state index < -0.39 is 68.3 Å². The number of nitriles is 1. The van der Waals surface area contributed by atoms with Gasteiger partial charge in [0.25, 0.3) is 0 Å². The smallest absolute Gasteiger partial charge is 0.508 e. The molecule has 0 aromatic heterocycles. The minimum absolute atomic E-state index is 0.0438. The molecule has 1 N–H and O–H groups in total. The predicted molar refractivity (Wildman–Crippen MR) is 135 cm³/mol. The van der Waals surface area contributed by atoms with Crippen LogP contribution in [0.4, 0.5) is 22.4 Å². The van der Waals surface area contributed by atoms with Gasteiger partial charge < -0.3 is 14.6 Å². The van der Waals surface area contributed by atoms with Crippen molar-refractivity contribution in [2.24, 2.45) is 5.41 Å². The molecular formula is C29H35F4NO4. The summed E-state index contributed by atoms with van der Waals surface area (Å²) in [4.78, 5) is 12.0. The van der Waals surface area contributed by atoms with Crippen LogP contribution in [-0.4, -0.2) is 16.9 Å². The first-order valence-electron chi connectivity index (χ1n) is 12.3. The maximum atomic E-state index is 15.6. The predicted octanol–water partition coefficient (Wildman–Crippen LogP) is 8.22. The maximum absolute atomic E-state index is 15.6. The Balaban J connectivity index is 2.65. The SMILES string of the molecule is CCC(C)(C#N)CC(C)(CC(C)(C)c1c(F)cc(O)cc1F)c1c(F)cc(OC(=O)OC(C)(C)C)cc1F. The van der Waals surface area contributed by atoms with Crippen LogP contribution < -0.4 is 4.74 Å². The van der Waals surface area contributed by atoms with Crippen molar-refractivity contribution in [3.05, 3.63) is 58.7 Å². The third kappa shape index (κ3) is 7.18. The molecule has 0 radical (unpaired) electrons. The molecule has 0 saturated carbocycles. The molecule has 0 fully saturated rings. The van der Waals surface area contributed by atoms with E-state index in [1.807, 2.05) is 0 Å². The quantitative estimate of drug-likeness (QED) is 0.208. The van der Waals surface area contributed by atoms with E-state index in [0.717, 1.165) is 24.3 Å². The Labute approximate surface area is 221 Å². The van der Waals surface area contributed by atoms with Gasteiger partial charge in [0.15, 0.2) is 0 Å². The number of phenols is 1. The van der Waals surface area contributed by atoms with Gasteiger partial charge in [0.2, 0.25) is 0 Å². The van der Waals surface area contributed by atoms with Crippen LogP contribution in [-0.2, 0) is 15.6 Å². The van der Waals surface area contributed by atoms with E-state index in [1.54, 1.807) is 34.6 Å². The van der Waals surface area contributed by atoms with Gasteiger partial charge in [0.05, 0.1) is 11.5 Å². The molecule has 2 aromatic rings. The van der Waals surface area contributed by atoms with E-state index in [9.17, 15) is 23.9 Å². The molecule has 5 nitrogen and oxygen atoms in total. The second-order valence-corrected chi connectivity index (χ2v) is 11.9. The summed E-state index contributed by atoms with van der Waals surface area (Å²) in [6.45, 7) is 12.8. The zero-order valence-electron chi connectivity index (χ0n) is 23.1. The van der Waals surface area contributed by atoms with Gasteiger partial charge in [-0.05, 0) is 52.4 Å². The Morgan fingerprint density at radius 1 is 0.868 bits per heavy atom. The molecule has 2 rings (SSSR count). The third-order valence-corrected chi connectivity index (χ3v) is 6.58. The van der Waals surface area contributed by atoms with Gasteiger partial charge in [-0.1, -0.05) is 27.7 Å². The topological polar surface area (TPSA) is 79.5 Å². The van der Waals surface area contributed by atoms with Gasteiger partial charge in [-0.2, -0.15) is 5.26 Å². The molecule has 0 saturated heterocycles. The first kappa shape index (κ1) is 30.9. The zero-order chi connectivity index (χ0) is 29.3. The second-order valence-electron chi connectivity index (χ2n) is 11.9. The molecule has 2 aromatic carbocycles. The van der Waals surface area contributed by atoms with Crippen molar-refractivity contribution < 1.29 is 36.9 Å². The number of nitrogens with zero attached hydrogens (tertiary/aromatic N) is 1. The van der Waals surface area contributed by atoms with E-state index in [-0.39, 0.29) is 18.4 Å². The first-order valence-corrected chi connectivity index (χ1v) is 12.3. The van der Waals surface area contributed by atoms with Crippen LogP contribution in [0, 0.1) is 40.0 Å². The molecule has 0 heterocycles. The van der Waals surface area contributed by atoms with Crippen LogP contribution in [0.15, 0.2) is 24.3 Å². The monoisotopic (exact) mass is 537 g/mol. The Hall–Kier alpha value is -3.28. The van der Waals surface area contributed by atoms with Gasteiger partial charge in [0, 0.05) is 40.8 Å². The Bertz CT molecular complexity index is 1200. The molecule has 0 spiro atoms. The lowest BCUT2D eigenvalue weighted by Crippen LogP contribution is -2.38. The number of halogens is 4. The minimum Gasteiger partial charge on any atom is -0.508 e. The first-order chi connectivity index (χ1) is 17.3. The van der Waals surface area contributed by atoms with Crippen molar-refractivity contribution in [3.8, 4) is 17.6 Å². The maximum Gasteiger partial charge on any atom is 0.514 e. The van der Waals surface area contributed by atoms with E-state index in [1.165, 1.54) is 20.8 Å². The lowest BCUT2D eigenvalue weighted by molar-refractivity contribution is 0.0205. The van der Waals surface area contributed by atoms with E-state index in [0.29, 0.717) is 6.42 Å². The van der Waals surface area contributed by atoms with Gasteiger partial charge in [-0.15, -0.1) is 0 Å². The second kappa shape index (κ2) is 10.8. The number of hydrogen-bond acceptors (Lipinski definition) is 5. The molecule has 0 aliphatic heterocycles. The summed E-state index contributed by atoms with van der Waals surface area (Å²) in [5, 5.41) is 19.4. The van der Waals surface area contributed by atoms with Gasteiger partial charge >= 0.3 is 6.16 Å². The molecule has 0 aliphatic rings. The molecule has 9 heteroatoms. The number of benzene rings is 2. The molecule has 208 valence electrons. The molecule has 38 heavy (non-hydrogen) atoms. The Morgan fingerprint density at radius 2 is 1.34 bits per heavy atom. The number of carbonyl (C=O) groups excluding carboxylic acids is 1. The van der Waals surface area contributed by atoms with E-state index >= 15 is 8.78 Å². The highest BCUT2D eigenvalue weighted by Gasteiger charge is 2.45. The summed E-state index contributed by atoms with van der Waals surface area (Å²) in [6, 6.07) is 5.41. The van der Waals surface area contributed by atoms with Crippen molar-refractivity contribution in [1.29, 1.82) is 5.26 Å². The highest BCUT2D eigenvalue weighted by Crippen LogP contribution is 2.49. The number of carbonyl (C=O) groups is 1. The van der Waals surface area contributed by atoms with Crippen LogP contribution in [0.2, 0.25) is 0 Å². The molecule has 2 unspecified atom stereocenters. The average molecular weight is 538 g/mol. The van der Waals surface area contributed by atoms with Crippen molar-refractivity contribution in [2.75, 3.05) is 0 Å². The normalized spacial score (nSPS) is 15.2. The Kier molecular flexibility index (Phi) is 8.82. The fraction of sp³-hybridized carbons (Fsp3) is 0.517. The summed E-state index contributed by atoms with van der Waals surface area (Å²) >= 11 is 0. The van der Waals surface area contributed by atoms with E-state index in [2.05, 4.69) is 6.07 Å². The summed E-state index contributed by atoms with van der Waals surface area (Å²) in [5.41, 5.74) is -5.45. The average Bonchev–Trinajstić information content (AvgIpc) is 2.69. The largest absolute Gasteiger partial charge is 0.514 e. The third-order valence-electron chi connectivity index (χ3n) is 6.58. The molecule has 0 amide bonds. The van der Waals surface area contributed by atoms with Crippen molar-refractivity contribution in [2.45, 2.75) is 91.1 Å². The van der Waals surface area contributed by atoms with Crippen molar-refractivity contribution in [1.82, 2.24) is 0 Å². The zero-order valence-corrected chi connectivity index (χ0v) is 23.1. The fourth-order valence-electron chi connectivity index (χ4n) is 5.17. The lowest BCUT2D eigenvalue weighted by atomic mass is 9.61. The number of phenolic OH excluding ortho intramolecular Hbond substituents is 1. The van der Waals surface area contributed by atoms with Crippen LogP contribution in [0.5, 0.6) is 11.5 Å². The fourth-order valence-corrected chi connectivity index (χ4v) is 5.17. The summed E-state index contributed by atoms with van der Waals surface area (Å²) in [5.74, 6) is -5.13. The van der Waals surface area contributed by atoms with Crippen LogP contribution in [0.25, 0.3) is 0 Å². The van der Waals surface area contributed by atoms with E-state index in [4.69, 9.17) is 9.47 Å². The highest BCUT2D eigenvalue weighted by atomic mass is 19.1. The number of hydrogen-bond donors (Lipinski definition) is 1. The molecule has 0 bridgehead atoms. The minimum atomic E-state index is -1.45. The number of ether oxygens (including phenoxy) is 2. The van der Waals surface area contributed by atoms with Crippen molar-refractivity contribution >= 4 is 6.16 Å². The number of rotatable bonds is 8. The van der Waals surface area contributed by atoms with Gasteiger partial charge in [-0.25, -0.2) is 22.4 Å². The summed E-state index contributed by atoms with van der Waals surface area (Å²) < 4.78 is 70.9.